The van der Waals surface area contributed by atoms with E-state index in [2.05, 4.69) is 61.4 Å². The number of nitrogens with two attached hydrogens (primary N) is 3. The van der Waals surface area contributed by atoms with Crippen LogP contribution in [0, 0.1) is 16.7 Å². The monoisotopic (exact) mass is 1590 g/mol. The van der Waals surface area contributed by atoms with Crippen molar-refractivity contribution in [3.05, 3.63) is 177 Å². The number of nitrogens with one attached hydrogen (secondary N) is 6. The number of nitrogens with zero attached hydrogens (tertiary/aromatic N) is 4. The number of carboxylic acid groups (broad SMARTS) is 4. The second-order valence-corrected chi connectivity index (χ2v) is 28.1. The second kappa shape index (κ2) is 46.5. The van der Waals surface area contributed by atoms with Crippen molar-refractivity contribution in [2.75, 3.05) is 7.05 Å². The maximum atomic E-state index is 11.8. The van der Waals surface area contributed by atoms with Crippen molar-refractivity contribution in [3.63, 3.8) is 0 Å². The smallest absolute Gasteiger partial charge is 0.480 e. The molecular formula is C65H81Cl6N13O21. The third-order valence-corrected chi connectivity index (χ3v) is 12.1. The number of aromatic amines is 1. The zero-order valence-electron chi connectivity index (χ0n) is 57.9. The highest BCUT2D eigenvalue weighted by molar-refractivity contribution is 6.67. The van der Waals surface area contributed by atoms with Crippen LogP contribution in [0.4, 0.5) is 19.2 Å². The van der Waals surface area contributed by atoms with Crippen LogP contribution in [0.2, 0.25) is 0 Å². The van der Waals surface area contributed by atoms with Gasteiger partial charge in [-0.05, 0) is 210 Å². The van der Waals surface area contributed by atoms with Gasteiger partial charge < -0.3 is 87.3 Å². The number of H-pyrrole nitrogens is 1. The van der Waals surface area contributed by atoms with Crippen LogP contribution in [-0.2, 0) is 68.5 Å². The Kier molecular flexibility index (Phi) is 42.0. The van der Waals surface area contributed by atoms with Crippen molar-refractivity contribution < 1.29 is 97.4 Å². The van der Waals surface area contributed by atoms with Crippen molar-refractivity contribution in [1.29, 1.82) is 10.7 Å². The van der Waals surface area contributed by atoms with Crippen LogP contribution in [-0.4, -0.2) is 162 Å². The maximum absolute atomic E-state index is 11.8. The Balaban J connectivity index is 0.00000127. The fraction of sp³-hybridized carbons (Fsp3) is 0.354. The number of nitriles is 1. The molecule has 0 aliphatic heterocycles. The van der Waals surface area contributed by atoms with Gasteiger partial charge in [-0.3, -0.25) is 24.7 Å². The summed E-state index contributed by atoms with van der Waals surface area (Å²) >= 11 is 30.2. The third kappa shape index (κ3) is 45.5. The maximum Gasteiger partial charge on any atom is 0.515 e. The second-order valence-electron chi connectivity index (χ2n) is 23.7. The first-order valence-corrected chi connectivity index (χ1v) is 32.3. The molecular weight excluding hydrogens is 1510 g/mol. The fourth-order valence-electron chi connectivity index (χ4n) is 7.48. The lowest BCUT2D eigenvalue weighted by Gasteiger charge is -2.22. The molecule has 6 aromatic rings. The molecule has 3 amide bonds. The number of likely N-dealkylation sites (N-methyl/N-ethyl adjacent to an activating group) is 1. The lowest BCUT2D eigenvalue weighted by molar-refractivity contribution is -0.140. The highest BCUT2D eigenvalue weighted by Crippen LogP contribution is 2.32. The number of amidine groups is 2. The highest BCUT2D eigenvalue weighted by atomic mass is 35.6. The molecule has 0 aliphatic rings. The Morgan fingerprint density at radius 2 is 0.924 bits per heavy atom. The standard InChI is InChI=1S/C16H19N3O6.C15H21N3O5.C15H18N2O4.C11H15N3O2.C5H5N.C3Cl6O3.H3NO/c1-16(2,3)24-14(22)17-11(13(20)21)8-9-5-4-6-10(7-9)12-18-15(23)25-19-12;1-15(2,3)23-14(21)17-11(13(19)20)8-9-5-4-6-10(7-9)12(16)18-22;1-15(2,3)21-14(20)17-12(13(18)19)8-10-5-4-6-11(7-10)9-16;1-14-9(11(15)16)6-7-3-2-4-8(5-7)10(12)13;1-2-4-6-5-3-1;4-2(5,6)11-1(10)12-3(7,8)9;1-2/h4-7,11H,8H2,1-3H3,(H,17,22)(H,20,21)(H,18,19,23);4-7,11,22H,8H2,1-3H3,(H2,16,18)(H,17,21)(H,19,20);4-7,12H,8H2,1-3H3,(H,17,20)(H,18,19);2-5,9,14H,6H2,1H3,(H3,12,13)(H,15,16);1-5H;;2H,1H2. The van der Waals surface area contributed by atoms with E-state index in [-0.39, 0.29) is 36.8 Å². The van der Waals surface area contributed by atoms with E-state index in [1.54, 1.807) is 173 Å². The van der Waals surface area contributed by atoms with Gasteiger partial charge in [0, 0.05) is 48.3 Å². The summed E-state index contributed by atoms with van der Waals surface area (Å²) in [6, 6.07) is 30.5. The van der Waals surface area contributed by atoms with E-state index in [0.29, 0.717) is 45.4 Å². The first-order valence-electron chi connectivity index (χ1n) is 30.0. The molecule has 0 spiro atoms. The molecule has 0 aliphatic carbocycles. The van der Waals surface area contributed by atoms with Crippen LogP contribution >= 0.6 is 69.6 Å². The number of oxime groups is 1. The van der Waals surface area contributed by atoms with Crippen molar-refractivity contribution in [2.45, 2.75) is 137 Å². The van der Waals surface area contributed by atoms with E-state index in [1.807, 2.05) is 30.3 Å². The fourth-order valence-corrected chi connectivity index (χ4v) is 7.85. The Morgan fingerprint density at radius 1 is 0.562 bits per heavy atom. The number of rotatable bonds is 19. The van der Waals surface area contributed by atoms with E-state index < -0.39 is 103 Å². The number of hydrogen-bond acceptors (Lipinski definition) is 24. The van der Waals surface area contributed by atoms with E-state index in [0.717, 1.165) is 5.56 Å². The molecule has 0 fully saturated rings. The largest absolute Gasteiger partial charge is 0.515 e. The van der Waals surface area contributed by atoms with Crippen molar-refractivity contribution in [1.82, 2.24) is 36.4 Å². The molecule has 105 heavy (non-hydrogen) atoms. The number of nitrogen functional groups attached to an aromatic ring is 1. The quantitative estimate of drug-likeness (QED) is 0.00682. The van der Waals surface area contributed by atoms with Crippen molar-refractivity contribution in [2.24, 2.45) is 22.5 Å². The summed E-state index contributed by atoms with van der Waals surface area (Å²) in [5.74, 6) is -1.48. The Morgan fingerprint density at radius 3 is 1.24 bits per heavy atom. The van der Waals surface area contributed by atoms with Crippen molar-refractivity contribution >= 4 is 130 Å². The number of benzene rings is 4. The molecule has 574 valence electrons. The number of carboxylic acids is 4. The minimum atomic E-state index is -2.24. The number of ether oxygens (including phenoxy) is 5. The predicted octanol–water partition coefficient (Wildman–Crippen LogP) is 9.33. The van der Waals surface area contributed by atoms with Gasteiger partial charge >= 0.3 is 62.0 Å². The Hall–Kier alpha value is -10.2. The number of hydrogen-bond donors (Lipinski definition) is 15. The number of halogens is 6. The lowest BCUT2D eigenvalue weighted by atomic mass is 10.0. The summed E-state index contributed by atoms with van der Waals surface area (Å²) in [4.78, 5) is 108. The first-order chi connectivity index (χ1) is 48.6. The van der Waals surface area contributed by atoms with Crippen LogP contribution < -0.4 is 44.4 Å². The van der Waals surface area contributed by atoms with Crippen LogP contribution in [0.15, 0.2) is 142 Å². The Labute approximate surface area is 631 Å². The molecule has 0 bridgehead atoms. The molecule has 4 unspecified atom stereocenters. The lowest BCUT2D eigenvalue weighted by Crippen LogP contribution is -2.44. The average Bonchev–Trinajstić information content (AvgIpc) is 1.82. The number of pyridine rings is 1. The summed E-state index contributed by atoms with van der Waals surface area (Å²) in [5, 5.41) is 84.1. The zero-order valence-corrected chi connectivity index (χ0v) is 62.4. The van der Waals surface area contributed by atoms with Gasteiger partial charge in [-0.2, -0.15) is 5.26 Å². The van der Waals surface area contributed by atoms with Gasteiger partial charge in [0.15, 0.2) is 11.7 Å². The summed E-state index contributed by atoms with van der Waals surface area (Å²) in [6.45, 7) is 15.2. The number of alkyl halides is 6. The zero-order chi connectivity index (χ0) is 80.6. The predicted molar refractivity (Wildman–Crippen MR) is 386 cm³/mol. The van der Waals surface area contributed by atoms with Gasteiger partial charge in [0.1, 0.15) is 46.8 Å². The van der Waals surface area contributed by atoms with Gasteiger partial charge in [0.2, 0.25) is 0 Å². The molecule has 18 N–H and O–H groups in total. The van der Waals surface area contributed by atoms with E-state index in [1.165, 1.54) is 0 Å². The van der Waals surface area contributed by atoms with Gasteiger partial charge in [-0.1, -0.05) is 83.1 Å². The molecule has 0 saturated carbocycles. The average molecular weight is 1590 g/mol. The van der Waals surface area contributed by atoms with Crippen LogP contribution in [0.25, 0.3) is 11.4 Å². The minimum absolute atomic E-state index is 0.0156. The molecule has 0 saturated heterocycles. The molecule has 2 heterocycles. The summed E-state index contributed by atoms with van der Waals surface area (Å²) < 4.78 is 23.1. The topological polar surface area (TPSA) is 562 Å². The van der Waals surface area contributed by atoms with E-state index >= 15 is 0 Å². The SMILES string of the molecule is CC(C)(C)OC(=O)NC(Cc1cccc(-c2noc(=O)[nH]2)c1)C(=O)O.CC(C)(C)OC(=O)NC(Cc1cccc(/C(N)=N/O)c1)C(=O)O.CC(C)(C)OC(=O)NC(Cc1cccc(C#N)c1)C(=O)O.CNC(Cc1cccc(C(=N)N)c1)C(=O)O.NO.O=C(OC(Cl)(Cl)Cl)OC(Cl)(Cl)Cl.c1ccncc1. The molecule has 0 radical (unpaired) electrons. The normalized spacial score (nSPS) is 12.1. The van der Waals surface area contributed by atoms with Gasteiger partial charge in [0.05, 0.1) is 11.6 Å². The molecule has 34 nitrogen and oxygen atoms in total. The summed E-state index contributed by atoms with van der Waals surface area (Å²) in [7, 11) is 1.60. The van der Waals surface area contributed by atoms with Crippen LogP contribution in [0.5, 0.6) is 0 Å². The summed E-state index contributed by atoms with van der Waals surface area (Å²) in [5.41, 5.74) is 13.5. The Bertz CT molecular complexity index is 3860. The molecule has 2 aromatic heterocycles. The number of carbonyl (C=O) groups excluding carboxylic acids is 4. The number of amides is 3. The van der Waals surface area contributed by atoms with Crippen LogP contribution in [0.3, 0.4) is 0 Å². The van der Waals surface area contributed by atoms with Gasteiger partial charge in [-0.25, -0.2) is 44.3 Å². The first kappa shape index (κ1) is 94.8. The number of aliphatic carboxylic acids is 4. The molecule has 40 heteroatoms. The molecule has 4 aromatic carbocycles. The van der Waals surface area contributed by atoms with Crippen molar-refractivity contribution in [3.8, 4) is 17.5 Å². The van der Waals surface area contributed by atoms with Gasteiger partial charge in [-0.15, -0.1) is 0 Å². The number of carbonyl (C=O) groups is 8. The highest BCUT2D eigenvalue weighted by Gasteiger charge is 2.33. The molecule has 6 rings (SSSR count). The molecule has 4 atom stereocenters. The minimum Gasteiger partial charge on any atom is -0.480 e. The third-order valence-electron chi connectivity index (χ3n) is 11.6. The van der Waals surface area contributed by atoms with E-state index in [9.17, 15) is 58.5 Å². The number of aromatic nitrogens is 3. The summed E-state index contributed by atoms with van der Waals surface area (Å²) in [6.07, 6.45) is 0.193. The van der Waals surface area contributed by atoms with Gasteiger partial charge in [0.25, 0.3) is 0 Å². The van der Waals surface area contributed by atoms with E-state index in [4.69, 9.17) is 121 Å². The number of alkyl carbamates (subject to hydrolysis) is 3. The van der Waals surface area contributed by atoms with Crippen LogP contribution in [0.1, 0.15) is 101 Å².